The molecule has 1 aromatic heterocycles. The minimum absolute atomic E-state index is 0.0292. The summed E-state index contributed by atoms with van der Waals surface area (Å²) in [7, 11) is -3.03. The Morgan fingerprint density at radius 2 is 1.86 bits per heavy atom. The maximum absolute atomic E-state index is 13.2. The molecule has 5 rings (SSSR count). The molecule has 3 aliphatic rings. The number of benzene rings is 1. The van der Waals surface area contributed by atoms with E-state index >= 15 is 0 Å². The van der Waals surface area contributed by atoms with Gasteiger partial charge in [-0.05, 0) is 60.4 Å². The molecule has 29 heavy (non-hydrogen) atoms. The van der Waals surface area contributed by atoms with Gasteiger partial charge in [-0.25, -0.2) is 13.4 Å². The number of halogens is 1. The van der Waals surface area contributed by atoms with Crippen LogP contribution in [0.5, 0.6) is 0 Å². The number of aromatic nitrogens is 1. The Balaban J connectivity index is 1.50. The van der Waals surface area contributed by atoms with Gasteiger partial charge < -0.3 is 10.2 Å². The third kappa shape index (κ3) is 3.40. The summed E-state index contributed by atoms with van der Waals surface area (Å²) in [5, 5.41) is 4.10. The fraction of sp³-hybridized carbons (Fsp3) is 0.429. The second kappa shape index (κ2) is 6.99. The first kappa shape index (κ1) is 18.9. The molecular weight excluding hydrogens is 410 g/mol. The van der Waals surface area contributed by atoms with Crippen LogP contribution in [-0.2, 0) is 9.84 Å². The van der Waals surface area contributed by atoms with Gasteiger partial charge in [0.15, 0.2) is 9.84 Å². The van der Waals surface area contributed by atoms with Crippen molar-refractivity contribution in [1.29, 1.82) is 0 Å². The standard InChI is InChI=1S/C21H22ClN3O3S/c22-15-2-1-3-16(11-15)24-17-12-23-20(19-14-5-4-13(10-14)18(17)19)21(26)25-6-8-29(27,28)9-7-25/h1-3,11-14,24H,4-10H2. The second-order valence-corrected chi connectivity index (χ2v) is 10.9. The summed E-state index contributed by atoms with van der Waals surface area (Å²) >= 11 is 6.12. The van der Waals surface area contributed by atoms with E-state index in [0.29, 0.717) is 22.6 Å². The van der Waals surface area contributed by atoms with Gasteiger partial charge in [-0.2, -0.15) is 0 Å². The molecule has 2 fully saturated rings. The maximum atomic E-state index is 13.2. The predicted molar refractivity (Wildman–Crippen MR) is 113 cm³/mol. The molecular formula is C21H22ClN3O3S. The molecule has 2 bridgehead atoms. The molecule has 1 amide bonds. The van der Waals surface area contributed by atoms with Crippen molar-refractivity contribution in [3.05, 3.63) is 52.3 Å². The molecule has 2 heterocycles. The Morgan fingerprint density at radius 1 is 1.14 bits per heavy atom. The van der Waals surface area contributed by atoms with Gasteiger partial charge in [0.1, 0.15) is 5.69 Å². The smallest absolute Gasteiger partial charge is 0.272 e. The van der Waals surface area contributed by atoms with E-state index in [1.807, 2.05) is 24.3 Å². The van der Waals surface area contributed by atoms with Crippen LogP contribution in [0.15, 0.2) is 30.5 Å². The van der Waals surface area contributed by atoms with E-state index in [2.05, 4.69) is 10.3 Å². The number of nitrogens with one attached hydrogen (secondary N) is 1. The molecule has 6 nitrogen and oxygen atoms in total. The van der Waals surface area contributed by atoms with E-state index in [4.69, 9.17) is 11.6 Å². The van der Waals surface area contributed by atoms with Gasteiger partial charge >= 0.3 is 0 Å². The van der Waals surface area contributed by atoms with Crippen LogP contribution in [0.25, 0.3) is 0 Å². The van der Waals surface area contributed by atoms with Crippen molar-refractivity contribution in [3.8, 4) is 0 Å². The number of sulfone groups is 1. The summed E-state index contributed by atoms with van der Waals surface area (Å²) in [5.74, 6) is 0.713. The number of rotatable bonds is 3. The lowest BCUT2D eigenvalue weighted by atomic mass is 9.89. The lowest BCUT2D eigenvalue weighted by Gasteiger charge is -2.28. The second-order valence-electron chi connectivity index (χ2n) is 8.13. The third-order valence-electron chi connectivity index (χ3n) is 6.35. The summed E-state index contributed by atoms with van der Waals surface area (Å²) in [6.45, 7) is 0.489. The van der Waals surface area contributed by atoms with Gasteiger partial charge in [0.2, 0.25) is 0 Å². The number of nitrogens with zero attached hydrogens (tertiary/aromatic N) is 2. The Hall–Kier alpha value is -2.12. The number of hydrogen-bond acceptors (Lipinski definition) is 5. The number of fused-ring (bicyclic) bond motifs is 5. The Bertz CT molecular complexity index is 1090. The van der Waals surface area contributed by atoms with Crippen LogP contribution in [0.3, 0.4) is 0 Å². The van der Waals surface area contributed by atoms with Crippen molar-refractivity contribution in [1.82, 2.24) is 9.88 Å². The van der Waals surface area contributed by atoms with Gasteiger partial charge in [-0.1, -0.05) is 17.7 Å². The first-order valence-electron chi connectivity index (χ1n) is 9.96. The zero-order valence-corrected chi connectivity index (χ0v) is 17.5. The van der Waals surface area contributed by atoms with Crippen molar-refractivity contribution >= 4 is 38.7 Å². The first-order valence-corrected chi connectivity index (χ1v) is 12.2. The molecule has 1 saturated carbocycles. The molecule has 1 aromatic carbocycles. The summed E-state index contributed by atoms with van der Waals surface area (Å²) < 4.78 is 23.4. The van der Waals surface area contributed by atoms with Crippen molar-refractivity contribution in [2.45, 2.75) is 31.1 Å². The number of hydrogen-bond donors (Lipinski definition) is 1. The van der Waals surface area contributed by atoms with E-state index in [0.717, 1.165) is 36.2 Å². The molecule has 0 radical (unpaired) electrons. The fourth-order valence-corrected chi connectivity index (χ4v) is 6.35. The molecule has 1 saturated heterocycles. The van der Waals surface area contributed by atoms with Gasteiger partial charge in [0.25, 0.3) is 5.91 Å². The molecule has 2 aromatic rings. The predicted octanol–water partition coefficient (Wildman–Crippen LogP) is 3.71. The Labute approximate surface area is 175 Å². The van der Waals surface area contributed by atoms with Crippen LogP contribution < -0.4 is 5.32 Å². The molecule has 1 N–H and O–H groups in total. The number of anilines is 2. The van der Waals surface area contributed by atoms with Gasteiger partial charge in [-0.15, -0.1) is 0 Å². The van der Waals surface area contributed by atoms with Gasteiger partial charge in [0, 0.05) is 23.8 Å². The van der Waals surface area contributed by atoms with E-state index in [1.165, 1.54) is 5.56 Å². The highest BCUT2D eigenvalue weighted by molar-refractivity contribution is 7.91. The number of pyridine rings is 1. The molecule has 2 atom stereocenters. The molecule has 2 unspecified atom stereocenters. The first-order chi connectivity index (χ1) is 13.9. The van der Waals surface area contributed by atoms with E-state index in [1.54, 1.807) is 11.1 Å². The van der Waals surface area contributed by atoms with Crippen LogP contribution in [0.1, 0.15) is 52.7 Å². The number of carbonyl (C=O) groups is 1. The van der Waals surface area contributed by atoms with Crippen molar-refractivity contribution in [2.24, 2.45) is 0 Å². The molecule has 2 aliphatic carbocycles. The van der Waals surface area contributed by atoms with Crippen molar-refractivity contribution in [3.63, 3.8) is 0 Å². The Morgan fingerprint density at radius 3 is 2.59 bits per heavy atom. The van der Waals surface area contributed by atoms with Crippen LogP contribution in [0.2, 0.25) is 5.02 Å². The topological polar surface area (TPSA) is 79.4 Å². The summed E-state index contributed by atoms with van der Waals surface area (Å²) in [4.78, 5) is 19.4. The highest BCUT2D eigenvalue weighted by Gasteiger charge is 2.42. The summed E-state index contributed by atoms with van der Waals surface area (Å²) in [6.07, 6.45) is 5.00. The minimum atomic E-state index is -3.03. The van der Waals surface area contributed by atoms with Gasteiger partial charge in [0.05, 0.1) is 23.4 Å². The number of carbonyl (C=O) groups excluding carboxylic acids is 1. The highest BCUT2D eigenvalue weighted by atomic mass is 35.5. The molecule has 152 valence electrons. The normalized spacial score (nSPS) is 24.4. The average Bonchev–Trinajstić information content (AvgIpc) is 3.30. The van der Waals surface area contributed by atoms with Crippen LogP contribution in [0, 0.1) is 0 Å². The monoisotopic (exact) mass is 431 g/mol. The largest absolute Gasteiger partial charge is 0.354 e. The zero-order valence-electron chi connectivity index (χ0n) is 15.9. The van der Waals surface area contributed by atoms with Crippen LogP contribution in [-0.4, -0.2) is 48.8 Å². The molecule has 8 heteroatoms. The van der Waals surface area contributed by atoms with E-state index in [-0.39, 0.29) is 30.5 Å². The highest BCUT2D eigenvalue weighted by Crippen LogP contribution is 2.56. The van der Waals surface area contributed by atoms with E-state index < -0.39 is 9.84 Å². The lowest BCUT2D eigenvalue weighted by Crippen LogP contribution is -2.44. The lowest BCUT2D eigenvalue weighted by molar-refractivity contribution is 0.0762. The third-order valence-corrected chi connectivity index (χ3v) is 8.19. The SMILES string of the molecule is O=C(c1ncc(Nc2cccc(Cl)c2)c2c1C1CCC2C1)N1CCS(=O)(=O)CC1. The fourth-order valence-electron chi connectivity index (χ4n) is 4.96. The van der Waals surface area contributed by atoms with Crippen molar-refractivity contribution < 1.29 is 13.2 Å². The van der Waals surface area contributed by atoms with Gasteiger partial charge in [-0.3, -0.25) is 4.79 Å². The molecule has 0 spiro atoms. The Kier molecular flexibility index (Phi) is 4.55. The van der Waals surface area contributed by atoms with Crippen molar-refractivity contribution in [2.75, 3.05) is 29.9 Å². The number of amides is 1. The van der Waals surface area contributed by atoms with Crippen LogP contribution >= 0.6 is 11.6 Å². The quantitative estimate of drug-likeness (QED) is 0.801. The zero-order chi connectivity index (χ0) is 20.2. The van der Waals surface area contributed by atoms with E-state index in [9.17, 15) is 13.2 Å². The summed E-state index contributed by atoms with van der Waals surface area (Å²) in [5.41, 5.74) is 4.59. The minimum Gasteiger partial charge on any atom is -0.354 e. The molecule has 1 aliphatic heterocycles. The summed E-state index contributed by atoms with van der Waals surface area (Å²) in [6, 6.07) is 7.55. The maximum Gasteiger partial charge on any atom is 0.272 e. The average molecular weight is 432 g/mol. The van der Waals surface area contributed by atoms with Crippen LogP contribution in [0.4, 0.5) is 11.4 Å².